The van der Waals surface area contributed by atoms with Crippen molar-refractivity contribution in [3.8, 4) is 45.8 Å². The van der Waals surface area contributed by atoms with Gasteiger partial charge >= 0.3 is 5.97 Å². The van der Waals surface area contributed by atoms with Crippen LogP contribution in [0.3, 0.4) is 0 Å². The van der Waals surface area contributed by atoms with Gasteiger partial charge in [-0.1, -0.05) is 12.1 Å². The number of fused-ring (bicyclic) bond motifs is 1. The standard InChI is InChI=1S/C41H44O23/c42-12-24-29(51)32(54)34(56)39(60-24)58-18-10-21(47)27-23(11-18)59-35(16-4-7-19(45)20(46)9-16)36(31(27)53)63-41-38(33(55)30(52)25(13-43)61-41)64-40-37(28(50)22(48)14-57-40)62-26(49)8-3-15-1-5-17(44)6-2-15/h1-11,22,24-25,28-30,32-34,37-48,50-52,54-56H,12-14H2/b8-3+/t22-,24+,25?,28?,29-,30-,32?,33+,34?,37?,38?,39-,40+,41+/m1/s1. The minimum absolute atomic E-state index is 0.0324. The predicted molar refractivity (Wildman–Crippen MR) is 209 cm³/mol. The van der Waals surface area contributed by atoms with Crippen LogP contribution in [-0.2, 0) is 28.5 Å². The summed E-state index contributed by atoms with van der Waals surface area (Å²) in [5.74, 6) is -4.99. The van der Waals surface area contributed by atoms with Crippen LogP contribution in [0.5, 0.6) is 34.5 Å². The highest BCUT2D eigenvalue weighted by molar-refractivity contribution is 5.89. The number of rotatable bonds is 12. The zero-order valence-corrected chi connectivity index (χ0v) is 33.0. The van der Waals surface area contributed by atoms with Gasteiger partial charge in [-0.05, 0) is 42.0 Å². The molecule has 3 aliphatic rings. The van der Waals surface area contributed by atoms with E-state index in [4.69, 9.17) is 37.6 Å². The number of aromatic hydroxyl groups is 4. The summed E-state index contributed by atoms with van der Waals surface area (Å²) < 4.78 is 45.7. The van der Waals surface area contributed by atoms with Gasteiger partial charge in [0.25, 0.3) is 0 Å². The van der Waals surface area contributed by atoms with Crippen molar-refractivity contribution in [2.45, 2.75) is 86.0 Å². The Labute approximate surface area is 359 Å². The van der Waals surface area contributed by atoms with Gasteiger partial charge in [0.1, 0.15) is 83.2 Å². The van der Waals surface area contributed by atoms with E-state index in [-0.39, 0.29) is 17.1 Å². The van der Waals surface area contributed by atoms with Gasteiger partial charge in [-0.15, -0.1) is 0 Å². The second kappa shape index (κ2) is 19.2. The molecule has 7 rings (SSSR count). The first kappa shape index (κ1) is 46.4. The van der Waals surface area contributed by atoms with Crippen LogP contribution < -0.4 is 14.9 Å². The van der Waals surface area contributed by atoms with Crippen LogP contribution in [0.15, 0.2) is 69.9 Å². The van der Waals surface area contributed by atoms with Crippen molar-refractivity contribution in [2.75, 3.05) is 19.8 Å². The van der Waals surface area contributed by atoms with Crippen LogP contribution in [0.2, 0.25) is 0 Å². The Morgan fingerprint density at radius 3 is 2.03 bits per heavy atom. The predicted octanol–water partition coefficient (Wildman–Crippen LogP) is -2.63. The van der Waals surface area contributed by atoms with Gasteiger partial charge in [0.05, 0.1) is 19.8 Å². The van der Waals surface area contributed by atoms with Gasteiger partial charge in [-0.2, -0.15) is 0 Å². The molecule has 4 aromatic rings. The van der Waals surface area contributed by atoms with E-state index in [2.05, 4.69) is 0 Å². The van der Waals surface area contributed by atoms with Crippen molar-refractivity contribution in [2.24, 2.45) is 0 Å². The highest BCUT2D eigenvalue weighted by atomic mass is 16.8. The quantitative estimate of drug-likeness (QED) is 0.0393. The minimum atomic E-state index is -2.07. The molecule has 0 radical (unpaired) electrons. The molecule has 0 spiro atoms. The first-order valence-electron chi connectivity index (χ1n) is 19.4. The third-order valence-electron chi connectivity index (χ3n) is 10.6. The van der Waals surface area contributed by atoms with Gasteiger partial charge in [-0.3, -0.25) is 4.79 Å². The lowest BCUT2D eigenvalue weighted by Gasteiger charge is -2.45. The number of esters is 1. The molecule has 13 N–H and O–H groups in total. The van der Waals surface area contributed by atoms with Crippen molar-refractivity contribution >= 4 is 23.0 Å². The van der Waals surface area contributed by atoms with E-state index >= 15 is 0 Å². The number of hydrogen-bond acceptors (Lipinski definition) is 23. The van der Waals surface area contributed by atoms with Crippen molar-refractivity contribution in [3.63, 3.8) is 0 Å². The molecule has 23 nitrogen and oxygen atoms in total. The van der Waals surface area contributed by atoms with E-state index in [9.17, 15) is 76.0 Å². The average molecular weight is 905 g/mol. The van der Waals surface area contributed by atoms with Gasteiger partial charge < -0.3 is 104 Å². The number of phenols is 4. The molecule has 6 unspecified atom stereocenters. The van der Waals surface area contributed by atoms with Gasteiger partial charge in [0.2, 0.25) is 23.8 Å². The fraction of sp³-hybridized carbons (Fsp3) is 0.415. The number of phenolic OH excluding ortho intramolecular Hbond substituents is 4. The molecule has 3 aliphatic heterocycles. The summed E-state index contributed by atoms with van der Waals surface area (Å²) in [4.78, 5) is 27.4. The fourth-order valence-corrected chi connectivity index (χ4v) is 7.09. The Morgan fingerprint density at radius 2 is 1.36 bits per heavy atom. The van der Waals surface area contributed by atoms with E-state index in [0.717, 1.165) is 30.3 Å². The molecule has 14 atom stereocenters. The Bertz CT molecular complexity index is 2370. The molecule has 346 valence electrons. The summed E-state index contributed by atoms with van der Waals surface area (Å²) in [6.45, 7) is -2.33. The second-order valence-corrected chi connectivity index (χ2v) is 14.9. The van der Waals surface area contributed by atoms with Crippen LogP contribution in [-0.4, -0.2) is 178 Å². The number of carbonyl (C=O) groups excluding carboxylic acids is 1. The summed E-state index contributed by atoms with van der Waals surface area (Å²) in [6, 6.07) is 10.7. The average Bonchev–Trinajstić information content (AvgIpc) is 3.27. The molecule has 0 aliphatic carbocycles. The van der Waals surface area contributed by atoms with Crippen LogP contribution in [0.1, 0.15) is 5.56 Å². The molecule has 4 heterocycles. The smallest absolute Gasteiger partial charge is 0.331 e. The summed E-state index contributed by atoms with van der Waals surface area (Å²) >= 11 is 0. The SMILES string of the molecule is O=C(/C=C/c1ccc(O)cc1)OC1C(O)[C@H](O)CO[C@H]1OC1[C@H](Oc2c(-c3ccc(O)c(O)c3)oc3cc(O[C@@H]4O[C@@H](CO)[C@@H](O)C(O)C4O)cc(O)c3c2=O)OC(CO)[C@@H](O)[C@@H]1O. The molecule has 64 heavy (non-hydrogen) atoms. The Hall–Kier alpha value is -5.64. The van der Waals surface area contributed by atoms with Crippen LogP contribution >= 0.6 is 0 Å². The normalized spacial score (nSPS) is 32.1. The lowest BCUT2D eigenvalue weighted by Crippen LogP contribution is -2.64. The number of aliphatic hydroxyl groups excluding tert-OH is 9. The maximum absolute atomic E-state index is 14.4. The van der Waals surface area contributed by atoms with Crippen molar-refractivity contribution in [1.29, 1.82) is 0 Å². The highest BCUT2D eigenvalue weighted by Crippen LogP contribution is 2.41. The number of ether oxygens (including phenoxy) is 7. The number of carbonyl (C=O) groups is 1. The zero-order chi connectivity index (χ0) is 46.1. The van der Waals surface area contributed by atoms with Crippen LogP contribution in [0.25, 0.3) is 28.4 Å². The van der Waals surface area contributed by atoms with Crippen LogP contribution in [0, 0.1) is 0 Å². The maximum atomic E-state index is 14.4. The maximum Gasteiger partial charge on any atom is 0.331 e. The molecule has 0 saturated carbocycles. The van der Waals surface area contributed by atoms with E-state index < -0.39 is 157 Å². The third kappa shape index (κ3) is 9.43. The first-order chi connectivity index (χ1) is 30.5. The Kier molecular flexibility index (Phi) is 13.9. The monoisotopic (exact) mass is 904 g/mol. The summed E-state index contributed by atoms with van der Waals surface area (Å²) in [5, 5.41) is 135. The Balaban J connectivity index is 1.25. The fourth-order valence-electron chi connectivity index (χ4n) is 7.09. The number of benzene rings is 3. The summed E-state index contributed by atoms with van der Waals surface area (Å²) in [6.07, 6.45) is -23.1. The lowest BCUT2D eigenvalue weighted by molar-refractivity contribution is -0.345. The zero-order valence-electron chi connectivity index (χ0n) is 33.0. The second-order valence-electron chi connectivity index (χ2n) is 14.9. The van der Waals surface area contributed by atoms with E-state index in [0.29, 0.717) is 5.56 Å². The van der Waals surface area contributed by atoms with E-state index in [1.165, 1.54) is 36.4 Å². The number of hydrogen-bond donors (Lipinski definition) is 13. The summed E-state index contributed by atoms with van der Waals surface area (Å²) in [5.41, 5.74) is -1.33. The van der Waals surface area contributed by atoms with Gasteiger partial charge in [0.15, 0.2) is 35.8 Å². The molecule has 3 saturated heterocycles. The van der Waals surface area contributed by atoms with Crippen LogP contribution in [0.4, 0.5) is 0 Å². The molecule has 1 aromatic heterocycles. The van der Waals surface area contributed by atoms with Crippen molar-refractivity contribution in [1.82, 2.24) is 0 Å². The van der Waals surface area contributed by atoms with E-state index in [1.807, 2.05) is 0 Å². The topological polar surface area (TPSA) is 375 Å². The lowest BCUT2D eigenvalue weighted by atomic mass is 9.98. The largest absolute Gasteiger partial charge is 0.508 e. The first-order valence-corrected chi connectivity index (χ1v) is 19.4. The molecule has 23 heteroatoms. The van der Waals surface area contributed by atoms with Crippen molar-refractivity contribution < 1.29 is 109 Å². The highest BCUT2D eigenvalue weighted by Gasteiger charge is 2.52. The van der Waals surface area contributed by atoms with Gasteiger partial charge in [0, 0.05) is 23.8 Å². The van der Waals surface area contributed by atoms with E-state index in [1.54, 1.807) is 0 Å². The van der Waals surface area contributed by atoms with Gasteiger partial charge in [-0.25, -0.2) is 4.79 Å². The molecule has 3 fully saturated rings. The third-order valence-corrected chi connectivity index (χ3v) is 10.6. The molecule has 0 amide bonds. The minimum Gasteiger partial charge on any atom is -0.508 e. The molecular formula is C41H44O23. The molecule has 0 bridgehead atoms. The number of aliphatic hydroxyl groups is 9. The molecule has 3 aromatic carbocycles. The van der Waals surface area contributed by atoms with Crippen molar-refractivity contribution in [3.05, 3.63) is 76.5 Å². The Morgan fingerprint density at radius 1 is 0.688 bits per heavy atom. The summed E-state index contributed by atoms with van der Waals surface area (Å²) in [7, 11) is 0. The molecular weight excluding hydrogens is 860 g/mol.